The molecule has 0 aliphatic carbocycles. The second-order valence-corrected chi connectivity index (χ2v) is 8.61. The third-order valence-corrected chi connectivity index (χ3v) is 6.13. The fraction of sp³-hybridized carbons (Fsp3) is 0.286. The van der Waals surface area contributed by atoms with E-state index in [9.17, 15) is 9.59 Å². The minimum absolute atomic E-state index is 0.110. The van der Waals surface area contributed by atoms with Crippen molar-refractivity contribution in [3.8, 4) is 10.8 Å². The molecule has 4 rings (SSSR count). The van der Waals surface area contributed by atoms with Gasteiger partial charge in [-0.05, 0) is 49.7 Å². The number of furan rings is 1. The average Bonchev–Trinajstić information content (AvgIpc) is 3.33. The number of aromatic nitrogens is 1. The molecule has 3 aromatic rings. The van der Waals surface area contributed by atoms with E-state index in [1.807, 2.05) is 13.0 Å². The Morgan fingerprint density at radius 2 is 1.83 bits per heavy atom. The van der Waals surface area contributed by atoms with Crippen LogP contribution in [-0.2, 0) is 0 Å². The van der Waals surface area contributed by atoms with Crippen LogP contribution in [0, 0.1) is 6.92 Å². The number of rotatable bonds is 3. The summed E-state index contributed by atoms with van der Waals surface area (Å²) >= 11 is 7.33. The summed E-state index contributed by atoms with van der Waals surface area (Å²) in [5.74, 6) is 0.546. The molecule has 3 heterocycles. The van der Waals surface area contributed by atoms with Gasteiger partial charge in [-0.15, -0.1) is 11.3 Å². The fourth-order valence-electron chi connectivity index (χ4n) is 3.31. The van der Waals surface area contributed by atoms with Gasteiger partial charge in [-0.3, -0.25) is 4.79 Å². The second kappa shape index (κ2) is 8.89. The first-order valence-corrected chi connectivity index (χ1v) is 10.8. The number of hydrogen-bond acceptors (Lipinski definition) is 5. The standard InChI is InChI=1S/C21H21ClN4O3S/c1-14-18(24-19(30-14)17-4-2-13-29-17)20(27)25-9-3-10-26(12-11-25)21(28)23-16-7-5-15(22)6-8-16/h2,4-8,13H,3,9-12H2,1H3,(H,23,28). The maximum absolute atomic E-state index is 13.1. The molecule has 1 N–H and O–H groups in total. The normalized spacial score (nSPS) is 14.5. The monoisotopic (exact) mass is 444 g/mol. The van der Waals surface area contributed by atoms with E-state index in [0.717, 1.165) is 4.88 Å². The summed E-state index contributed by atoms with van der Waals surface area (Å²) in [6.45, 7) is 3.97. The molecule has 1 aromatic carbocycles. The smallest absolute Gasteiger partial charge is 0.321 e. The Balaban J connectivity index is 1.39. The van der Waals surface area contributed by atoms with Crippen LogP contribution in [0.4, 0.5) is 10.5 Å². The first-order valence-electron chi connectivity index (χ1n) is 9.63. The number of carbonyl (C=O) groups is 2. The highest BCUT2D eigenvalue weighted by molar-refractivity contribution is 7.15. The Morgan fingerprint density at radius 3 is 2.57 bits per heavy atom. The van der Waals surface area contributed by atoms with Gasteiger partial charge in [0.2, 0.25) is 0 Å². The van der Waals surface area contributed by atoms with Gasteiger partial charge in [0.25, 0.3) is 5.91 Å². The molecule has 30 heavy (non-hydrogen) atoms. The van der Waals surface area contributed by atoms with Gasteiger partial charge in [-0.25, -0.2) is 9.78 Å². The molecule has 3 amide bonds. The minimum atomic E-state index is -0.184. The molecule has 0 radical (unpaired) electrons. The second-order valence-electron chi connectivity index (χ2n) is 6.97. The Kier molecular flexibility index (Phi) is 6.06. The van der Waals surface area contributed by atoms with Gasteiger partial charge in [0.05, 0.1) is 6.26 Å². The van der Waals surface area contributed by atoms with E-state index in [1.165, 1.54) is 11.3 Å². The van der Waals surface area contributed by atoms with Gasteiger partial charge in [0, 0.05) is 41.8 Å². The largest absolute Gasteiger partial charge is 0.462 e. The Hall–Kier alpha value is -2.84. The first kappa shape index (κ1) is 20.4. The van der Waals surface area contributed by atoms with Crippen molar-refractivity contribution in [2.75, 3.05) is 31.5 Å². The molecule has 1 aliphatic heterocycles. The van der Waals surface area contributed by atoms with E-state index in [0.29, 0.717) is 59.8 Å². The van der Waals surface area contributed by atoms with E-state index in [2.05, 4.69) is 10.3 Å². The van der Waals surface area contributed by atoms with Crippen molar-refractivity contribution < 1.29 is 14.0 Å². The average molecular weight is 445 g/mol. The molecule has 0 spiro atoms. The lowest BCUT2D eigenvalue weighted by Gasteiger charge is -2.22. The molecule has 2 aromatic heterocycles. The van der Waals surface area contributed by atoms with Crippen LogP contribution in [0.2, 0.25) is 5.02 Å². The molecule has 156 valence electrons. The molecule has 9 heteroatoms. The molecule has 1 aliphatic rings. The SMILES string of the molecule is Cc1sc(-c2ccco2)nc1C(=O)N1CCCN(C(=O)Nc2ccc(Cl)cc2)CC1. The summed E-state index contributed by atoms with van der Waals surface area (Å²) in [6.07, 6.45) is 2.29. The number of halogens is 1. The maximum atomic E-state index is 13.1. The van der Waals surface area contributed by atoms with Crippen molar-refractivity contribution in [3.63, 3.8) is 0 Å². The number of nitrogens with one attached hydrogen (secondary N) is 1. The zero-order valence-electron chi connectivity index (χ0n) is 16.4. The number of hydrogen-bond donors (Lipinski definition) is 1. The highest BCUT2D eigenvalue weighted by atomic mass is 35.5. The number of benzene rings is 1. The van der Waals surface area contributed by atoms with E-state index < -0.39 is 0 Å². The zero-order chi connectivity index (χ0) is 21.1. The van der Waals surface area contributed by atoms with Crippen LogP contribution in [0.3, 0.4) is 0 Å². The lowest BCUT2D eigenvalue weighted by Crippen LogP contribution is -2.39. The third kappa shape index (κ3) is 4.49. The Labute approximate surface area is 183 Å². The van der Waals surface area contributed by atoms with Crippen molar-refractivity contribution in [1.82, 2.24) is 14.8 Å². The summed E-state index contributed by atoms with van der Waals surface area (Å²) in [6, 6.07) is 10.4. The van der Waals surface area contributed by atoms with Crippen molar-refractivity contribution in [2.45, 2.75) is 13.3 Å². The topological polar surface area (TPSA) is 78.7 Å². The van der Waals surface area contributed by atoms with Gasteiger partial charge in [0.15, 0.2) is 10.8 Å². The molecule has 0 atom stereocenters. The van der Waals surface area contributed by atoms with Crippen molar-refractivity contribution in [3.05, 3.63) is 58.3 Å². The molecule has 0 unspecified atom stereocenters. The summed E-state index contributed by atoms with van der Waals surface area (Å²) in [4.78, 5) is 34.5. The van der Waals surface area contributed by atoms with Gasteiger partial charge in [0.1, 0.15) is 5.69 Å². The van der Waals surface area contributed by atoms with E-state index in [1.54, 1.807) is 46.4 Å². The van der Waals surface area contributed by atoms with E-state index in [4.69, 9.17) is 16.0 Å². The zero-order valence-corrected chi connectivity index (χ0v) is 18.0. The van der Waals surface area contributed by atoms with Gasteiger partial charge < -0.3 is 19.5 Å². The van der Waals surface area contributed by atoms with Crippen LogP contribution >= 0.6 is 22.9 Å². The number of nitrogens with zero attached hydrogens (tertiary/aromatic N) is 3. The van der Waals surface area contributed by atoms with Crippen molar-refractivity contribution in [2.24, 2.45) is 0 Å². The van der Waals surface area contributed by atoms with Gasteiger partial charge >= 0.3 is 6.03 Å². The number of anilines is 1. The highest BCUT2D eigenvalue weighted by Crippen LogP contribution is 2.28. The van der Waals surface area contributed by atoms with Crippen LogP contribution in [0.15, 0.2) is 47.1 Å². The predicted octanol–water partition coefficient (Wildman–Crippen LogP) is 4.74. The summed E-state index contributed by atoms with van der Waals surface area (Å²) < 4.78 is 5.39. The number of carbonyl (C=O) groups excluding carboxylic acids is 2. The van der Waals surface area contributed by atoms with Crippen LogP contribution < -0.4 is 5.32 Å². The molecular weight excluding hydrogens is 424 g/mol. The number of thiazole rings is 1. The summed E-state index contributed by atoms with van der Waals surface area (Å²) in [5.41, 5.74) is 1.13. The Morgan fingerprint density at radius 1 is 1.10 bits per heavy atom. The van der Waals surface area contributed by atoms with E-state index >= 15 is 0 Å². The van der Waals surface area contributed by atoms with Gasteiger partial charge in [-0.2, -0.15) is 0 Å². The van der Waals surface area contributed by atoms with Crippen molar-refractivity contribution >= 4 is 40.6 Å². The fourth-order valence-corrected chi connectivity index (χ4v) is 4.31. The summed E-state index contributed by atoms with van der Waals surface area (Å²) in [5, 5.41) is 4.18. The van der Waals surface area contributed by atoms with Crippen LogP contribution in [0.5, 0.6) is 0 Å². The highest BCUT2D eigenvalue weighted by Gasteiger charge is 2.26. The molecule has 1 fully saturated rings. The molecule has 0 bridgehead atoms. The lowest BCUT2D eigenvalue weighted by molar-refractivity contribution is 0.0757. The molecular formula is C21H21ClN4O3S. The molecule has 0 saturated carbocycles. The number of aryl methyl sites for hydroxylation is 1. The Bertz CT molecular complexity index is 1030. The number of urea groups is 1. The molecule has 7 nitrogen and oxygen atoms in total. The molecule has 1 saturated heterocycles. The van der Waals surface area contributed by atoms with Crippen molar-refractivity contribution in [1.29, 1.82) is 0 Å². The maximum Gasteiger partial charge on any atom is 0.321 e. The quantitative estimate of drug-likeness (QED) is 0.632. The predicted molar refractivity (Wildman–Crippen MR) is 117 cm³/mol. The van der Waals surface area contributed by atoms with Gasteiger partial charge in [-0.1, -0.05) is 11.6 Å². The lowest BCUT2D eigenvalue weighted by atomic mass is 10.3. The first-order chi connectivity index (χ1) is 14.5. The summed E-state index contributed by atoms with van der Waals surface area (Å²) in [7, 11) is 0. The number of amides is 3. The van der Waals surface area contributed by atoms with Crippen LogP contribution in [0.1, 0.15) is 21.8 Å². The van der Waals surface area contributed by atoms with E-state index in [-0.39, 0.29) is 11.9 Å². The minimum Gasteiger partial charge on any atom is -0.462 e. The van der Waals surface area contributed by atoms with Crippen LogP contribution in [0.25, 0.3) is 10.8 Å². The third-order valence-electron chi connectivity index (χ3n) is 4.90. The van der Waals surface area contributed by atoms with Crippen LogP contribution in [-0.4, -0.2) is 52.9 Å².